The molecule has 4 nitrogen and oxygen atoms in total. The molecule has 0 aromatic heterocycles. The number of rotatable bonds is 4. The SMILES string of the molecule is O=C(O)NC(CN1CCC1)c1ccc(F)cc1. The minimum Gasteiger partial charge on any atom is -0.465 e. The Morgan fingerprint density at radius 1 is 1.41 bits per heavy atom. The molecule has 5 heteroatoms. The third-order valence-corrected chi connectivity index (χ3v) is 2.96. The summed E-state index contributed by atoms with van der Waals surface area (Å²) in [5, 5.41) is 11.3. The lowest BCUT2D eigenvalue weighted by atomic mass is 10.0. The van der Waals surface area contributed by atoms with Crippen LogP contribution in [0.1, 0.15) is 18.0 Å². The molecule has 1 atom stereocenters. The van der Waals surface area contributed by atoms with E-state index in [0.717, 1.165) is 25.1 Å². The Labute approximate surface area is 99.0 Å². The van der Waals surface area contributed by atoms with Gasteiger partial charge in [0.2, 0.25) is 0 Å². The molecule has 2 rings (SSSR count). The molecule has 1 aromatic rings. The van der Waals surface area contributed by atoms with E-state index < -0.39 is 6.09 Å². The molecule has 1 aliphatic rings. The van der Waals surface area contributed by atoms with Gasteiger partial charge in [-0.05, 0) is 37.2 Å². The average Bonchev–Trinajstić information content (AvgIpc) is 2.22. The summed E-state index contributed by atoms with van der Waals surface area (Å²) >= 11 is 0. The maximum atomic E-state index is 12.8. The molecule has 1 amide bonds. The summed E-state index contributed by atoms with van der Waals surface area (Å²) in [5.41, 5.74) is 0.792. The van der Waals surface area contributed by atoms with Crippen molar-refractivity contribution in [2.45, 2.75) is 12.5 Å². The Balaban J connectivity index is 2.07. The van der Waals surface area contributed by atoms with Crippen molar-refractivity contribution in [3.63, 3.8) is 0 Å². The second-order valence-corrected chi connectivity index (χ2v) is 4.21. The predicted molar refractivity (Wildman–Crippen MR) is 61.4 cm³/mol. The number of carboxylic acid groups (broad SMARTS) is 1. The minimum atomic E-state index is -1.06. The van der Waals surface area contributed by atoms with Crippen LogP contribution in [0.2, 0.25) is 0 Å². The maximum Gasteiger partial charge on any atom is 0.405 e. The standard InChI is InChI=1S/C12H15FN2O2/c13-10-4-2-9(3-5-10)11(14-12(16)17)8-15-6-1-7-15/h2-5,11,14H,1,6-8H2,(H,16,17). The zero-order valence-corrected chi connectivity index (χ0v) is 9.40. The second kappa shape index (κ2) is 5.14. The lowest BCUT2D eigenvalue weighted by Gasteiger charge is -2.34. The first-order chi connectivity index (χ1) is 8.15. The fourth-order valence-electron chi connectivity index (χ4n) is 1.90. The monoisotopic (exact) mass is 238 g/mol. The van der Waals surface area contributed by atoms with Crippen LogP contribution >= 0.6 is 0 Å². The van der Waals surface area contributed by atoms with E-state index in [-0.39, 0.29) is 11.9 Å². The van der Waals surface area contributed by atoms with Gasteiger partial charge in [-0.1, -0.05) is 12.1 Å². The van der Waals surface area contributed by atoms with Gasteiger partial charge in [-0.15, -0.1) is 0 Å². The molecule has 0 bridgehead atoms. The van der Waals surface area contributed by atoms with Crippen LogP contribution in [-0.2, 0) is 0 Å². The van der Waals surface area contributed by atoms with Crippen molar-refractivity contribution < 1.29 is 14.3 Å². The van der Waals surface area contributed by atoms with Crippen LogP contribution in [0.4, 0.5) is 9.18 Å². The Morgan fingerprint density at radius 3 is 2.53 bits per heavy atom. The molecule has 0 spiro atoms. The predicted octanol–water partition coefficient (Wildman–Crippen LogP) is 1.84. The van der Waals surface area contributed by atoms with Crippen molar-refractivity contribution in [3.05, 3.63) is 35.6 Å². The van der Waals surface area contributed by atoms with E-state index in [4.69, 9.17) is 5.11 Å². The second-order valence-electron chi connectivity index (χ2n) is 4.21. The fourth-order valence-corrected chi connectivity index (χ4v) is 1.90. The Bertz CT molecular complexity index is 390. The lowest BCUT2D eigenvalue weighted by molar-refractivity contribution is 0.151. The summed E-state index contributed by atoms with van der Waals surface area (Å²) in [6.45, 7) is 2.63. The number of amides is 1. The molecule has 1 heterocycles. The highest BCUT2D eigenvalue weighted by Gasteiger charge is 2.21. The molecule has 2 N–H and O–H groups in total. The average molecular weight is 238 g/mol. The van der Waals surface area contributed by atoms with Crippen molar-refractivity contribution in [2.24, 2.45) is 0 Å². The van der Waals surface area contributed by atoms with E-state index in [9.17, 15) is 9.18 Å². The summed E-state index contributed by atoms with van der Waals surface area (Å²) in [4.78, 5) is 12.9. The summed E-state index contributed by atoms with van der Waals surface area (Å²) in [6.07, 6.45) is 0.100. The minimum absolute atomic E-state index is 0.298. The molecular weight excluding hydrogens is 223 g/mol. The molecule has 1 fully saturated rings. The highest BCUT2D eigenvalue weighted by atomic mass is 19.1. The van der Waals surface area contributed by atoms with Crippen LogP contribution in [0.25, 0.3) is 0 Å². The van der Waals surface area contributed by atoms with Crippen LogP contribution in [0, 0.1) is 5.82 Å². The Hall–Kier alpha value is -1.62. The van der Waals surface area contributed by atoms with Gasteiger partial charge in [0, 0.05) is 6.54 Å². The van der Waals surface area contributed by atoms with E-state index in [1.807, 2.05) is 0 Å². The van der Waals surface area contributed by atoms with E-state index in [1.54, 1.807) is 12.1 Å². The molecule has 1 aromatic carbocycles. The van der Waals surface area contributed by atoms with Gasteiger partial charge in [-0.2, -0.15) is 0 Å². The highest BCUT2D eigenvalue weighted by Crippen LogP contribution is 2.18. The number of likely N-dealkylation sites (tertiary alicyclic amines) is 1. The van der Waals surface area contributed by atoms with Gasteiger partial charge < -0.3 is 15.3 Å². The molecule has 92 valence electrons. The number of nitrogens with one attached hydrogen (secondary N) is 1. The summed E-state index contributed by atoms with van der Waals surface area (Å²) < 4.78 is 12.8. The first-order valence-corrected chi connectivity index (χ1v) is 5.62. The summed E-state index contributed by atoms with van der Waals surface area (Å²) in [5.74, 6) is -0.313. The zero-order chi connectivity index (χ0) is 12.3. The number of hydrogen-bond donors (Lipinski definition) is 2. The highest BCUT2D eigenvalue weighted by molar-refractivity contribution is 5.65. The van der Waals surface area contributed by atoms with E-state index in [2.05, 4.69) is 10.2 Å². The van der Waals surface area contributed by atoms with Crippen LogP contribution in [0.5, 0.6) is 0 Å². The first-order valence-electron chi connectivity index (χ1n) is 5.62. The van der Waals surface area contributed by atoms with Gasteiger partial charge >= 0.3 is 6.09 Å². The normalized spacial score (nSPS) is 17.2. The summed E-state index contributed by atoms with van der Waals surface area (Å²) in [7, 11) is 0. The van der Waals surface area contributed by atoms with Crippen LogP contribution in [-0.4, -0.2) is 35.7 Å². The molecule has 0 saturated carbocycles. The van der Waals surface area contributed by atoms with Gasteiger partial charge in [0.05, 0.1) is 6.04 Å². The Kier molecular flexibility index (Phi) is 3.58. The fraction of sp³-hybridized carbons (Fsp3) is 0.417. The molecular formula is C12H15FN2O2. The van der Waals surface area contributed by atoms with Crippen LogP contribution < -0.4 is 5.32 Å². The van der Waals surface area contributed by atoms with Gasteiger partial charge in [0.15, 0.2) is 0 Å². The topological polar surface area (TPSA) is 52.6 Å². The van der Waals surface area contributed by atoms with Gasteiger partial charge in [-0.3, -0.25) is 0 Å². The van der Waals surface area contributed by atoms with Crippen LogP contribution in [0.15, 0.2) is 24.3 Å². The van der Waals surface area contributed by atoms with Crippen molar-refractivity contribution in [2.75, 3.05) is 19.6 Å². The first kappa shape index (κ1) is 11.9. The quantitative estimate of drug-likeness (QED) is 0.841. The molecule has 1 saturated heterocycles. The van der Waals surface area contributed by atoms with Crippen LogP contribution in [0.3, 0.4) is 0 Å². The van der Waals surface area contributed by atoms with E-state index in [1.165, 1.54) is 12.1 Å². The summed E-state index contributed by atoms with van der Waals surface area (Å²) in [6, 6.07) is 5.64. The molecule has 0 radical (unpaired) electrons. The van der Waals surface area contributed by atoms with Crippen molar-refractivity contribution in [3.8, 4) is 0 Å². The third-order valence-electron chi connectivity index (χ3n) is 2.96. The number of nitrogens with zero attached hydrogens (tertiary/aromatic N) is 1. The van der Waals surface area contributed by atoms with Gasteiger partial charge in [0.25, 0.3) is 0 Å². The molecule has 17 heavy (non-hydrogen) atoms. The van der Waals surface area contributed by atoms with Gasteiger partial charge in [0.1, 0.15) is 5.82 Å². The largest absolute Gasteiger partial charge is 0.465 e. The van der Waals surface area contributed by atoms with Gasteiger partial charge in [-0.25, -0.2) is 9.18 Å². The number of carbonyl (C=O) groups is 1. The number of halogens is 1. The number of benzene rings is 1. The molecule has 0 aliphatic carbocycles. The maximum absolute atomic E-state index is 12.8. The van der Waals surface area contributed by atoms with Crippen molar-refractivity contribution in [1.82, 2.24) is 10.2 Å². The third kappa shape index (κ3) is 3.17. The van der Waals surface area contributed by atoms with E-state index in [0.29, 0.717) is 6.54 Å². The molecule has 1 unspecified atom stereocenters. The van der Waals surface area contributed by atoms with Crippen molar-refractivity contribution >= 4 is 6.09 Å². The lowest BCUT2D eigenvalue weighted by Crippen LogP contribution is -2.44. The smallest absolute Gasteiger partial charge is 0.405 e. The molecule has 1 aliphatic heterocycles. The number of hydrogen-bond acceptors (Lipinski definition) is 2. The Morgan fingerprint density at radius 2 is 2.06 bits per heavy atom. The zero-order valence-electron chi connectivity index (χ0n) is 9.40. The van der Waals surface area contributed by atoms with Crippen molar-refractivity contribution in [1.29, 1.82) is 0 Å². The van der Waals surface area contributed by atoms with E-state index >= 15 is 0 Å².